The molecule has 1 amide bonds. The van der Waals surface area contributed by atoms with Crippen LogP contribution in [0.4, 0.5) is 5.69 Å². The first-order valence-electron chi connectivity index (χ1n) is 10.6. The van der Waals surface area contributed by atoms with E-state index in [9.17, 15) is 24.8 Å². The Morgan fingerprint density at radius 2 is 1.89 bits per heavy atom. The fourth-order valence-corrected chi connectivity index (χ4v) is 6.21. The van der Waals surface area contributed by atoms with Crippen LogP contribution < -0.4 is 4.74 Å². The molecule has 0 unspecified atom stereocenters. The second-order valence-corrected chi connectivity index (χ2v) is 10.6. The highest BCUT2D eigenvalue weighted by Crippen LogP contribution is 2.40. The Balaban J connectivity index is 1.88. The quantitative estimate of drug-likeness (QED) is 0.148. The van der Waals surface area contributed by atoms with Crippen molar-refractivity contribution in [3.63, 3.8) is 0 Å². The highest BCUT2D eigenvalue weighted by Gasteiger charge is 2.33. The summed E-state index contributed by atoms with van der Waals surface area (Å²) in [5.41, 5.74) is 1.26. The molecule has 0 aromatic heterocycles. The van der Waals surface area contributed by atoms with Gasteiger partial charge in [0.1, 0.15) is 28.7 Å². The van der Waals surface area contributed by atoms with Gasteiger partial charge in [-0.25, -0.2) is 9.79 Å². The summed E-state index contributed by atoms with van der Waals surface area (Å²) in [6.07, 6.45) is 1.85. The van der Waals surface area contributed by atoms with Gasteiger partial charge < -0.3 is 14.6 Å². The zero-order valence-electron chi connectivity index (χ0n) is 19.1. The molecular formula is C24H20I2N2O7S. The van der Waals surface area contributed by atoms with E-state index in [1.54, 1.807) is 32.1 Å². The smallest absolute Gasteiger partial charge is 0.344 e. The number of thioether (sulfide) groups is 1. The van der Waals surface area contributed by atoms with Crippen LogP contribution in [0.1, 0.15) is 31.4 Å². The van der Waals surface area contributed by atoms with Crippen molar-refractivity contribution in [1.82, 2.24) is 0 Å². The van der Waals surface area contributed by atoms with Gasteiger partial charge in [-0.05, 0) is 81.4 Å². The van der Waals surface area contributed by atoms with E-state index in [-0.39, 0.29) is 41.7 Å². The molecule has 0 fully saturated rings. The number of aliphatic hydroxyl groups excluding tert-OH is 1. The number of benzene rings is 2. The molecule has 9 nitrogen and oxygen atoms in total. The molecule has 1 heterocycles. The zero-order valence-corrected chi connectivity index (χ0v) is 24.2. The monoisotopic (exact) mass is 734 g/mol. The minimum absolute atomic E-state index is 0.00451. The van der Waals surface area contributed by atoms with Gasteiger partial charge in [-0.2, -0.15) is 0 Å². The molecule has 0 aliphatic carbocycles. The van der Waals surface area contributed by atoms with E-state index in [2.05, 4.69) is 50.2 Å². The number of hydrogen-bond acceptors (Lipinski definition) is 8. The third-order valence-electron chi connectivity index (χ3n) is 4.72. The third-order valence-corrected chi connectivity index (χ3v) is 7.34. The van der Waals surface area contributed by atoms with Crippen molar-refractivity contribution in [1.29, 1.82) is 0 Å². The van der Waals surface area contributed by atoms with Crippen molar-refractivity contribution < 1.29 is 29.1 Å². The Kier molecular flexibility index (Phi) is 9.90. The second-order valence-electron chi connectivity index (χ2n) is 7.25. The van der Waals surface area contributed by atoms with Crippen LogP contribution in [-0.4, -0.2) is 33.6 Å². The number of nitro groups is 1. The van der Waals surface area contributed by atoms with Crippen LogP contribution in [-0.2, 0) is 20.9 Å². The molecule has 1 aliphatic heterocycles. The summed E-state index contributed by atoms with van der Waals surface area (Å²) >= 11 is 5.27. The third kappa shape index (κ3) is 6.85. The topological polar surface area (TPSA) is 128 Å². The number of amides is 1. The number of carbonyl (C=O) groups excluding carboxylic acids is 2. The number of hydrogen-bond donors (Lipinski definition) is 1. The molecule has 1 aliphatic rings. The van der Waals surface area contributed by atoms with E-state index >= 15 is 0 Å². The fraction of sp³-hybridized carbons (Fsp3) is 0.208. The van der Waals surface area contributed by atoms with Crippen LogP contribution >= 0.6 is 56.9 Å². The predicted octanol–water partition coefficient (Wildman–Crippen LogP) is 6.18. The minimum atomic E-state index is -0.748. The second kappa shape index (κ2) is 12.7. The van der Waals surface area contributed by atoms with Crippen LogP contribution in [0, 0.1) is 17.3 Å². The fourth-order valence-electron chi connectivity index (χ4n) is 3.05. The molecular weight excluding hydrogens is 714 g/mol. The molecule has 0 bridgehead atoms. The lowest BCUT2D eigenvalue weighted by molar-refractivity contribution is -0.384. The van der Waals surface area contributed by atoms with Crippen molar-refractivity contribution in [2.45, 2.75) is 26.9 Å². The Morgan fingerprint density at radius 1 is 1.19 bits per heavy atom. The Morgan fingerprint density at radius 3 is 2.50 bits per heavy atom. The molecule has 2 aromatic rings. The van der Waals surface area contributed by atoms with Crippen LogP contribution in [0.5, 0.6) is 5.75 Å². The zero-order chi connectivity index (χ0) is 26.4. The lowest BCUT2D eigenvalue weighted by Crippen LogP contribution is -2.14. The number of ether oxygens (including phenoxy) is 2. The van der Waals surface area contributed by atoms with Gasteiger partial charge in [-0.3, -0.25) is 14.9 Å². The number of halogens is 2. The summed E-state index contributed by atoms with van der Waals surface area (Å²) in [6, 6.07) is 9.92. The first kappa shape index (κ1) is 28.1. The molecule has 188 valence electrons. The van der Waals surface area contributed by atoms with Crippen LogP contribution in [0.2, 0.25) is 0 Å². The Bertz CT molecular complexity index is 1300. The first-order valence-corrected chi connectivity index (χ1v) is 13.6. The number of esters is 1. The molecule has 0 radical (unpaired) electrons. The summed E-state index contributed by atoms with van der Waals surface area (Å²) in [6.45, 7) is 3.57. The van der Waals surface area contributed by atoms with Crippen molar-refractivity contribution >= 4 is 85.6 Å². The average molecular weight is 734 g/mol. The number of nitro benzene ring substituents is 1. The molecule has 1 N–H and O–H groups in total. The van der Waals surface area contributed by atoms with E-state index in [0.717, 1.165) is 24.5 Å². The standard InChI is InChI=1S/C24H20I2N2O7S/c1-3-19(29)27-23-20(24(31)34-4-2)21(30)18(36-23)11-14-9-16(25)22(17(26)10-14)35-12-13-6-5-7-15(8-13)28(32)33/h5-11,30H,3-4,12H2,1-2H3/b18-11-,27-23?. The summed E-state index contributed by atoms with van der Waals surface area (Å²) in [7, 11) is 0. The minimum Gasteiger partial charge on any atom is -0.506 e. The number of non-ortho nitro benzene ring substituents is 1. The van der Waals surface area contributed by atoms with Crippen LogP contribution in [0.25, 0.3) is 6.08 Å². The van der Waals surface area contributed by atoms with Crippen molar-refractivity contribution in [2.24, 2.45) is 4.99 Å². The molecule has 36 heavy (non-hydrogen) atoms. The van der Waals surface area contributed by atoms with Gasteiger partial charge in [-0.15, -0.1) is 0 Å². The van der Waals surface area contributed by atoms with Gasteiger partial charge >= 0.3 is 5.97 Å². The summed E-state index contributed by atoms with van der Waals surface area (Å²) in [5.74, 6) is -0.839. The molecule has 0 atom stereocenters. The van der Waals surface area contributed by atoms with Crippen LogP contribution in [0.3, 0.4) is 0 Å². The number of aliphatic imine (C=N–C) groups is 1. The maximum Gasteiger partial charge on any atom is 0.344 e. The number of rotatable bonds is 8. The molecule has 3 rings (SSSR count). The summed E-state index contributed by atoms with van der Waals surface area (Å²) in [5, 5.41) is 21.9. The molecule has 12 heteroatoms. The highest BCUT2D eigenvalue weighted by molar-refractivity contribution is 14.1. The maximum absolute atomic E-state index is 12.4. The number of carbonyl (C=O) groups is 2. The molecule has 2 aromatic carbocycles. The Labute approximate surface area is 238 Å². The van der Waals surface area contributed by atoms with E-state index in [4.69, 9.17) is 9.47 Å². The summed E-state index contributed by atoms with van der Waals surface area (Å²) in [4.78, 5) is 39.2. The SMILES string of the molecule is CCOC(=O)C1=C(O)/C(=C/c2cc(I)c(OCc3cccc([N+](=O)[O-])c3)c(I)c2)SC1=NC(=O)CC. The van der Waals surface area contributed by atoms with E-state index in [1.807, 2.05) is 12.1 Å². The van der Waals surface area contributed by atoms with Crippen molar-refractivity contribution in [3.8, 4) is 5.75 Å². The van der Waals surface area contributed by atoms with Crippen molar-refractivity contribution in [2.75, 3.05) is 6.61 Å². The van der Waals surface area contributed by atoms with Gasteiger partial charge in [0.05, 0.1) is 23.6 Å². The highest BCUT2D eigenvalue weighted by atomic mass is 127. The lowest BCUT2D eigenvalue weighted by atomic mass is 10.1. The average Bonchev–Trinajstić information content (AvgIpc) is 3.12. The van der Waals surface area contributed by atoms with E-state index in [1.165, 1.54) is 12.1 Å². The maximum atomic E-state index is 12.4. The van der Waals surface area contributed by atoms with Crippen LogP contribution in [0.15, 0.2) is 57.6 Å². The molecule has 0 saturated heterocycles. The largest absolute Gasteiger partial charge is 0.506 e. The first-order chi connectivity index (χ1) is 17.1. The number of aliphatic hydroxyl groups is 1. The van der Waals surface area contributed by atoms with E-state index in [0.29, 0.717) is 16.2 Å². The van der Waals surface area contributed by atoms with Crippen molar-refractivity contribution in [3.05, 3.63) is 81.0 Å². The normalized spacial score (nSPS) is 15.4. The van der Waals surface area contributed by atoms with Gasteiger partial charge in [0.25, 0.3) is 5.69 Å². The Hall–Kier alpha value is -2.46. The van der Waals surface area contributed by atoms with E-state index < -0.39 is 16.8 Å². The van der Waals surface area contributed by atoms with Gasteiger partial charge in [-0.1, -0.05) is 30.8 Å². The molecule has 0 saturated carbocycles. The lowest BCUT2D eigenvalue weighted by Gasteiger charge is -2.12. The van der Waals surface area contributed by atoms with Gasteiger partial charge in [0.15, 0.2) is 0 Å². The van der Waals surface area contributed by atoms with Gasteiger partial charge in [0, 0.05) is 18.6 Å². The summed E-state index contributed by atoms with van der Waals surface area (Å²) < 4.78 is 12.5. The number of nitrogens with zero attached hydrogens (tertiary/aromatic N) is 2. The molecule has 0 spiro atoms. The predicted molar refractivity (Wildman–Crippen MR) is 154 cm³/mol. The van der Waals surface area contributed by atoms with Gasteiger partial charge in [0.2, 0.25) is 5.91 Å².